The molecule has 3 aromatic rings. The van der Waals surface area contributed by atoms with Gasteiger partial charge in [-0.1, -0.05) is 55.3 Å². The molecule has 1 saturated carbocycles. The molecule has 3 fully saturated rings. The first-order valence-corrected chi connectivity index (χ1v) is 19.5. The summed E-state index contributed by atoms with van der Waals surface area (Å²) in [4.78, 5) is 62.9. The summed E-state index contributed by atoms with van der Waals surface area (Å²) in [6.45, 7) is -0.251. The van der Waals surface area contributed by atoms with E-state index in [0.717, 1.165) is 24.8 Å². The Bertz CT molecular complexity index is 1990. The summed E-state index contributed by atoms with van der Waals surface area (Å²) in [6, 6.07) is 15.7. The molecule has 2 aromatic carbocycles. The normalized spacial score (nSPS) is 27.4. The Morgan fingerprint density at radius 3 is 2.57 bits per heavy atom. The Morgan fingerprint density at radius 2 is 1.82 bits per heavy atom. The molecular formula is C42H48F3N5O6. The van der Waals surface area contributed by atoms with E-state index in [9.17, 15) is 32.3 Å². The highest BCUT2D eigenvalue weighted by Gasteiger charge is 2.60. The third-order valence-corrected chi connectivity index (χ3v) is 11.8. The second-order valence-electron chi connectivity index (χ2n) is 15.6. The zero-order chi connectivity index (χ0) is 39.6. The van der Waals surface area contributed by atoms with Crippen LogP contribution < -0.4 is 20.5 Å². The van der Waals surface area contributed by atoms with Crippen LogP contribution in [0.2, 0.25) is 0 Å². The van der Waals surface area contributed by atoms with Crippen LogP contribution in [0.3, 0.4) is 0 Å². The number of ether oxygens (including phenoxy) is 2. The zero-order valence-electron chi connectivity index (χ0n) is 31.4. The van der Waals surface area contributed by atoms with Crippen LogP contribution in [0.15, 0.2) is 66.7 Å². The molecule has 298 valence electrons. The number of piperidine rings is 1. The number of methoxy groups -OCH3 is 1. The molecular weight excluding hydrogens is 727 g/mol. The molecule has 4 heterocycles. The first kappa shape index (κ1) is 39.1. The van der Waals surface area contributed by atoms with E-state index >= 15 is 0 Å². The monoisotopic (exact) mass is 775 g/mol. The molecule has 4 amide bonds. The smallest absolute Gasteiger partial charge is 0.393 e. The summed E-state index contributed by atoms with van der Waals surface area (Å²) < 4.78 is 53.1. The molecule has 0 radical (unpaired) electrons. The van der Waals surface area contributed by atoms with Gasteiger partial charge in [0.05, 0.1) is 30.8 Å². The van der Waals surface area contributed by atoms with E-state index in [2.05, 4.69) is 5.32 Å². The summed E-state index contributed by atoms with van der Waals surface area (Å²) in [5.41, 5.74) is 6.68. The van der Waals surface area contributed by atoms with Crippen molar-refractivity contribution < 1.29 is 41.8 Å². The molecule has 3 aliphatic heterocycles. The van der Waals surface area contributed by atoms with Gasteiger partial charge in [-0.15, -0.1) is 0 Å². The number of aromatic nitrogens is 1. The molecule has 56 heavy (non-hydrogen) atoms. The number of amides is 4. The van der Waals surface area contributed by atoms with E-state index in [1.807, 2.05) is 54.6 Å². The minimum atomic E-state index is -4.42. The molecule has 0 bridgehead atoms. The number of primary amides is 1. The Balaban J connectivity index is 1.20. The maximum Gasteiger partial charge on any atom is 0.393 e. The molecule has 11 nitrogen and oxygen atoms in total. The molecule has 3 N–H and O–H groups in total. The standard InChI is InChI=1S/C42H48F3N5O6/c1-55-30-16-17-32-34(20-30)47-33(26-11-7-5-8-12-26)22-36(32)56-31-21-35-38(52)48-41(40(46)54)23-28(41)14-9-4-2-3-6-13-27(39(53)50(35)25-31)19-37(51)49-18-10-15-29(24-49)42(43,44)45/h5,7-9,11-12,14,16-17,20,22,27-29,31,35H,2-4,6,10,13,15,18-19,21,23-25H2,1H3,(H2,46,54)(H,48,52)/t27-,28-,29?,31-,35+,41-/m1/s1. The van der Waals surface area contributed by atoms with Crippen molar-refractivity contribution in [3.63, 3.8) is 0 Å². The number of fused-ring (bicyclic) bond motifs is 3. The van der Waals surface area contributed by atoms with E-state index in [1.165, 1.54) is 9.80 Å². The van der Waals surface area contributed by atoms with Crippen molar-refractivity contribution in [3.05, 3.63) is 66.7 Å². The van der Waals surface area contributed by atoms with Crippen molar-refractivity contribution in [3.8, 4) is 22.8 Å². The number of hydrogen-bond donors (Lipinski definition) is 2. The predicted molar refractivity (Wildman–Crippen MR) is 202 cm³/mol. The van der Waals surface area contributed by atoms with Gasteiger partial charge in [-0.05, 0) is 50.7 Å². The summed E-state index contributed by atoms with van der Waals surface area (Å²) in [7, 11) is 1.57. The number of carbonyl (C=O) groups excluding carboxylic acids is 4. The molecule has 2 saturated heterocycles. The van der Waals surface area contributed by atoms with Gasteiger partial charge in [0.1, 0.15) is 29.2 Å². The number of nitrogens with one attached hydrogen (secondary N) is 1. The third kappa shape index (κ3) is 8.34. The Labute approximate surface area is 323 Å². The largest absolute Gasteiger partial charge is 0.497 e. The van der Waals surface area contributed by atoms with E-state index in [1.54, 1.807) is 19.2 Å². The van der Waals surface area contributed by atoms with Crippen LogP contribution in [-0.4, -0.2) is 89.0 Å². The summed E-state index contributed by atoms with van der Waals surface area (Å²) in [6.07, 6.45) is 2.31. The van der Waals surface area contributed by atoms with Gasteiger partial charge >= 0.3 is 6.18 Å². The molecule has 7 rings (SSSR count). The van der Waals surface area contributed by atoms with Gasteiger partial charge in [-0.3, -0.25) is 19.2 Å². The number of hydrogen-bond acceptors (Lipinski definition) is 7. The van der Waals surface area contributed by atoms with Gasteiger partial charge in [0, 0.05) is 60.8 Å². The maximum absolute atomic E-state index is 14.7. The first-order valence-electron chi connectivity index (χ1n) is 19.5. The van der Waals surface area contributed by atoms with Crippen molar-refractivity contribution in [2.45, 2.75) is 88.1 Å². The van der Waals surface area contributed by atoms with Gasteiger partial charge in [-0.2, -0.15) is 13.2 Å². The zero-order valence-corrected chi connectivity index (χ0v) is 31.4. The quantitative estimate of drug-likeness (QED) is 0.283. The van der Waals surface area contributed by atoms with E-state index in [0.29, 0.717) is 47.4 Å². The number of halogens is 3. The fourth-order valence-corrected chi connectivity index (χ4v) is 8.47. The van der Waals surface area contributed by atoms with Crippen molar-refractivity contribution in [1.29, 1.82) is 0 Å². The maximum atomic E-state index is 14.7. The van der Waals surface area contributed by atoms with E-state index in [4.69, 9.17) is 20.2 Å². The average Bonchev–Trinajstić information content (AvgIpc) is 3.73. The Morgan fingerprint density at radius 1 is 1.02 bits per heavy atom. The highest BCUT2D eigenvalue weighted by molar-refractivity contribution is 5.97. The molecule has 1 unspecified atom stereocenters. The topological polar surface area (TPSA) is 144 Å². The van der Waals surface area contributed by atoms with Crippen LogP contribution in [0.5, 0.6) is 11.5 Å². The third-order valence-electron chi connectivity index (χ3n) is 11.8. The highest BCUT2D eigenvalue weighted by atomic mass is 19.4. The fraction of sp³-hybridized carbons (Fsp3) is 0.500. The number of nitrogens with two attached hydrogens (primary N) is 1. The fourth-order valence-electron chi connectivity index (χ4n) is 8.47. The number of pyridine rings is 1. The van der Waals surface area contributed by atoms with Crippen molar-refractivity contribution in [2.24, 2.45) is 23.5 Å². The SMILES string of the molecule is COc1ccc2c(O[C@@H]3C[C@H]4C(=O)N[C@]5(C(N)=O)C[C@H]5C=CCCCCC[C@H](CC(=O)N5CCCC(C(F)(F)F)C5)C(=O)N4C3)cc(-c3ccccc3)nc2c1. The number of rotatable bonds is 7. The summed E-state index contributed by atoms with van der Waals surface area (Å²) in [5, 5.41) is 3.58. The minimum absolute atomic E-state index is 0.00494. The first-order chi connectivity index (χ1) is 26.9. The minimum Gasteiger partial charge on any atom is -0.497 e. The van der Waals surface area contributed by atoms with Gasteiger partial charge in [0.25, 0.3) is 0 Å². The van der Waals surface area contributed by atoms with E-state index < -0.39 is 65.9 Å². The number of allylic oxidation sites excluding steroid dienone is 1. The van der Waals surface area contributed by atoms with Crippen molar-refractivity contribution in [1.82, 2.24) is 20.1 Å². The van der Waals surface area contributed by atoms with Crippen LogP contribution in [0.1, 0.15) is 64.2 Å². The van der Waals surface area contributed by atoms with Crippen molar-refractivity contribution in [2.75, 3.05) is 26.7 Å². The number of benzene rings is 2. The summed E-state index contributed by atoms with van der Waals surface area (Å²) >= 11 is 0. The average molecular weight is 776 g/mol. The lowest BCUT2D eigenvalue weighted by Crippen LogP contribution is -2.55. The van der Waals surface area contributed by atoms with Crippen LogP contribution in [-0.2, 0) is 19.2 Å². The van der Waals surface area contributed by atoms with Crippen LogP contribution >= 0.6 is 0 Å². The molecule has 0 spiro atoms. The Hall–Kier alpha value is -5.14. The van der Waals surface area contributed by atoms with Crippen LogP contribution in [0.4, 0.5) is 13.2 Å². The molecule has 1 aliphatic carbocycles. The molecule has 14 heteroatoms. The van der Waals surface area contributed by atoms with Crippen molar-refractivity contribution >= 4 is 34.5 Å². The lowest BCUT2D eigenvalue weighted by molar-refractivity contribution is -0.188. The summed E-state index contributed by atoms with van der Waals surface area (Å²) in [5.74, 6) is -3.86. The second kappa shape index (κ2) is 16.1. The number of alkyl halides is 3. The van der Waals surface area contributed by atoms with Gasteiger partial charge in [0.15, 0.2) is 0 Å². The molecule has 6 atom stereocenters. The number of carbonyl (C=O) groups is 4. The predicted octanol–water partition coefficient (Wildman–Crippen LogP) is 5.95. The number of nitrogens with zero attached hydrogens (tertiary/aromatic N) is 3. The van der Waals surface area contributed by atoms with Crippen LogP contribution in [0, 0.1) is 17.8 Å². The van der Waals surface area contributed by atoms with Gasteiger partial charge in [0.2, 0.25) is 23.6 Å². The van der Waals surface area contributed by atoms with Gasteiger partial charge < -0.3 is 30.3 Å². The lowest BCUT2D eigenvalue weighted by Gasteiger charge is -2.35. The molecule has 1 aromatic heterocycles. The highest BCUT2D eigenvalue weighted by Crippen LogP contribution is 2.45. The van der Waals surface area contributed by atoms with E-state index in [-0.39, 0.29) is 44.7 Å². The Kier molecular flexibility index (Phi) is 11.3. The second-order valence-corrected chi connectivity index (χ2v) is 15.6. The lowest BCUT2D eigenvalue weighted by atomic mass is 9.93. The number of likely N-dealkylation sites (tertiary alicyclic amines) is 1. The van der Waals surface area contributed by atoms with Crippen LogP contribution in [0.25, 0.3) is 22.2 Å². The molecule has 4 aliphatic rings. The van der Waals surface area contributed by atoms with Gasteiger partial charge in [-0.25, -0.2) is 4.98 Å².